The predicted molar refractivity (Wildman–Crippen MR) is 104 cm³/mol. The van der Waals surface area contributed by atoms with E-state index in [0.717, 1.165) is 5.56 Å². The first-order valence-corrected chi connectivity index (χ1v) is 9.70. The van der Waals surface area contributed by atoms with Crippen LogP contribution in [0, 0.1) is 0 Å². The molecule has 2 aromatic carbocycles. The highest BCUT2D eigenvalue weighted by Crippen LogP contribution is 2.16. The summed E-state index contributed by atoms with van der Waals surface area (Å²) < 4.78 is 11.2. The second kappa shape index (κ2) is 10.8. The van der Waals surface area contributed by atoms with Crippen LogP contribution < -0.4 is 0 Å². The monoisotopic (exact) mass is 372 g/mol. The van der Waals surface area contributed by atoms with E-state index in [9.17, 15) is 9.59 Å². The van der Waals surface area contributed by atoms with E-state index >= 15 is 0 Å². The maximum atomic E-state index is 12.2. The van der Waals surface area contributed by atoms with Crippen molar-refractivity contribution in [2.75, 3.05) is 11.5 Å². The van der Waals surface area contributed by atoms with Gasteiger partial charge in [-0.2, -0.15) is 0 Å². The summed E-state index contributed by atoms with van der Waals surface area (Å²) >= 11 is 1.45. The molecule has 0 aromatic heterocycles. The second-order valence-electron chi connectivity index (χ2n) is 5.95. The highest BCUT2D eigenvalue weighted by Gasteiger charge is 2.22. The highest BCUT2D eigenvalue weighted by molar-refractivity contribution is 8.00. The molecule has 0 aliphatic rings. The van der Waals surface area contributed by atoms with Gasteiger partial charge >= 0.3 is 5.97 Å². The smallest absolute Gasteiger partial charge is 0.303 e. The summed E-state index contributed by atoms with van der Waals surface area (Å²) in [5, 5.41) is 0. The molecule has 0 fully saturated rings. The molecule has 0 aliphatic carbocycles. The van der Waals surface area contributed by atoms with Crippen molar-refractivity contribution in [1.82, 2.24) is 0 Å². The summed E-state index contributed by atoms with van der Waals surface area (Å²) in [6.45, 7) is 3.72. The van der Waals surface area contributed by atoms with Crippen molar-refractivity contribution in [2.24, 2.45) is 0 Å². The molecular weight excluding hydrogens is 348 g/mol. The lowest BCUT2D eigenvalue weighted by atomic mass is 10.2. The van der Waals surface area contributed by atoms with E-state index in [2.05, 4.69) is 0 Å². The van der Waals surface area contributed by atoms with Crippen LogP contribution in [0.5, 0.6) is 0 Å². The summed E-state index contributed by atoms with van der Waals surface area (Å²) in [5.74, 6) is 0.566. The highest BCUT2D eigenvalue weighted by atomic mass is 32.2. The third-order valence-electron chi connectivity index (χ3n) is 3.81. The topological polar surface area (TPSA) is 52.6 Å². The first-order valence-electron chi connectivity index (χ1n) is 8.55. The normalized spacial score (nSPS) is 13.0. The lowest BCUT2D eigenvalue weighted by Crippen LogP contribution is -2.33. The van der Waals surface area contributed by atoms with Crippen LogP contribution in [-0.2, 0) is 20.9 Å². The van der Waals surface area contributed by atoms with Crippen LogP contribution in [0.2, 0.25) is 0 Å². The molecule has 138 valence electrons. The van der Waals surface area contributed by atoms with Crippen LogP contribution >= 0.6 is 11.8 Å². The molecule has 0 heterocycles. The van der Waals surface area contributed by atoms with Gasteiger partial charge in [0.05, 0.1) is 18.5 Å². The molecule has 2 rings (SSSR count). The Balaban J connectivity index is 1.83. The standard InChI is InChI=1S/C21H24O4S/c1-16(24-13-18-9-5-3-6-10-18)21(25-17(2)22)15-26-14-20(23)19-11-7-4-8-12-19/h3-12,16,21H,13-15H2,1-2H3. The lowest BCUT2D eigenvalue weighted by Gasteiger charge is -2.23. The predicted octanol–water partition coefficient (Wildman–Crippen LogP) is 4.14. The Kier molecular flexibility index (Phi) is 8.38. The van der Waals surface area contributed by atoms with E-state index in [1.165, 1.54) is 18.7 Å². The van der Waals surface area contributed by atoms with Crippen molar-refractivity contribution in [3.05, 3.63) is 71.8 Å². The number of rotatable bonds is 10. The Bertz CT molecular complexity index is 688. The maximum absolute atomic E-state index is 12.2. The quantitative estimate of drug-likeness (QED) is 0.463. The summed E-state index contributed by atoms with van der Waals surface area (Å²) in [6, 6.07) is 19.0. The van der Waals surface area contributed by atoms with Crippen LogP contribution in [0.15, 0.2) is 60.7 Å². The number of Topliss-reactive ketones (excluding diaryl/α,β-unsaturated/α-hetero) is 1. The Hall–Kier alpha value is -2.11. The Labute approximate surface area is 158 Å². The zero-order valence-electron chi connectivity index (χ0n) is 15.1. The second-order valence-corrected chi connectivity index (χ2v) is 6.98. The fraction of sp³-hybridized carbons (Fsp3) is 0.333. The third-order valence-corrected chi connectivity index (χ3v) is 4.84. The number of carbonyl (C=O) groups excluding carboxylic acids is 2. The molecule has 0 amide bonds. The average molecular weight is 372 g/mol. The fourth-order valence-corrected chi connectivity index (χ4v) is 3.40. The van der Waals surface area contributed by atoms with Gasteiger partial charge in [-0.1, -0.05) is 60.7 Å². The average Bonchev–Trinajstić information content (AvgIpc) is 2.66. The number of esters is 1. The number of ether oxygens (including phenoxy) is 2. The van der Waals surface area contributed by atoms with E-state index in [-0.39, 0.29) is 17.9 Å². The van der Waals surface area contributed by atoms with Crippen LogP contribution in [0.25, 0.3) is 0 Å². The van der Waals surface area contributed by atoms with Gasteiger partial charge in [-0.25, -0.2) is 0 Å². The molecule has 0 aliphatic heterocycles. The van der Waals surface area contributed by atoms with Gasteiger partial charge in [-0.3, -0.25) is 9.59 Å². The summed E-state index contributed by atoms with van der Waals surface area (Å²) in [5.41, 5.74) is 1.75. The van der Waals surface area contributed by atoms with Crippen molar-refractivity contribution in [3.63, 3.8) is 0 Å². The number of ketones is 1. The van der Waals surface area contributed by atoms with Gasteiger partial charge in [-0.05, 0) is 12.5 Å². The minimum absolute atomic E-state index is 0.0648. The van der Waals surface area contributed by atoms with Crippen LogP contribution in [-0.4, -0.2) is 35.5 Å². The minimum atomic E-state index is -0.398. The van der Waals surface area contributed by atoms with Gasteiger partial charge in [0.15, 0.2) is 5.78 Å². The number of hydrogen-bond acceptors (Lipinski definition) is 5. The van der Waals surface area contributed by atoms with Gasteiger partial charge in [0.1, 0.15) is 6.10 Å². The van der Waals surface area contributed by atoms with Crippen molar-refractivity contribution in [2.45, 2.75) is 32.7 Å². The van der Waals surface area contributed by atoms with Crippen LogP contribution in [0.1, 0.15) is 29.8 Å². The first kappa shape index (κ1) is 20.2. The molecule has 26 heavy (non-hydrogen) atoms. The van der Waals surface area contributed by atoms with E-state index in [1.54, 1.807) is 12.1 Å². The van der Waals surface area contributed by atoms with Gasteiger partial charge in [-0.15, -0.1) is 11.8 Å². The zero-order valence-corrected chi connectivity index (χ0v) is 15.9. The summed E-state index contributed by atoms with van der Waals surface area (Å²) in [7, 11) is 0. The molecule has 2 unspecified atom stereocenters. The lowest BCUT2D eigenvalue weighted by molar-refractivity contribution is -0.152. The summed E-state index contributed by atoms with van der Waals surface area (Å²) in [6.07, 6.45) is -0.664. The van der Waals surface area contributed by atoms with Gasteiger partial charge in [0.25, 0.3) is 0 Å². The van der Waals surface area contributed by atoms with Crippen molar-refractivity contribution in [1.29, 1.82) is 0 Å². The maximum Gasteiger partial charge on any atom is 0.303 e. The number of carbonyl (C=O) groups is 2. The van der Waals surface area contributed by atoms with E-state index in [1.807, 2.05) is 55.5 Å². The minimum Gasteiger partial charge on any atom is -0.459 e. The molecule has 2 atom stereocenters. The first-order chi connectivity index (χ1) is 12.6. The van der Waals surface area contributed by atoms with Gasteiger partial charge < -0.3 is 9.47 Å². The molecule has 0 N–H and O–H groups in total. The molecular formula is C21H24O4S. The Morgan fingerprint density at radius 2 is 1.62 bits per heavy atom. The third kappa shape index (κ3) is 7.02. The van der Waals surface area contributed by atoms with E-state index < -0.39 is 6.10 Å². The molecule has 2 aromatic rings. The van der Waals surface area contributed by atoms with Crippen molar-refractivity contribution >= 4 is 23.5 Å². The molecule has 0 spiro atoms. The van der Waals surface area contributed by atoms with Crippen molar-refractivity contribution < 1.29 is 19.1 Å². The molecule has 0 saturated carbocycles. The Morgan fingerprint density at radius 1 is 1.00 bits per heavy atom. The largest absolute Gasteiger partial charge is 0.459 e. The van der Waals surface area contributed by atoms with Crippen LogP contribution in [0.3, 0.4) is 0 Å². The molecule has 5 heteroatoms. The Morgan fingerprint density at radius 3 is 2.23 bits per heavy atom. The van der Waals surface area contributed by atoms with Gasteiger partial charge in [0.2, 0.25) is 0 Å². The number of hydrogen-bond donors (Lipinski definition) is 0. The number of benzene rings is 2. The summed E-state index contributed by atoms with van der Waals surface area (Å²) in [4.78, 5) is 23.6. The molecule has 0 radical (unpaired) electrons. The molecule has 4 nitrogen and oxygen atoms in total. The zero-order chi connectivity index (χ0) is 18.8. The molecule has 0 bridgehead atoms. The number of thioether (sulfide) groups is 1. The van der Waals surface area contributed by atoms with E-state index in [4.69, 9.17) is 9.47 Å². The SMILES string of the molecule is CC(=O)OC(CSCC(=O)c1ccccc1)C(C)OCc1ccccc1. The van der Waals surface area contributed by atoms with Crippen molar-refractivity contribution in [3.8, 4) is 0 Å². The van der Waals surface area contributed by atoms with E-state index in [0.29, 0.717) is 23.7 Å². The fourth-order valence-electron chi connectivity index (χ4n) is 2.36. The molecule has 0 saturated heterocycles. The van der Waals surface area contributed by atoms with Crippen LogP contribution in [0.4, 0.5) is 0 Å². The van der Waals surface area contributed by atoms with Gasteiger partial charge in [0, 0.05) is 18.2 Å².